The topological polar surface area (TPSA) is 28.7 Å². The average molecular weight is 161 g/mol. The summed E-state index contributed by atoms with van der Waals surface area (Å²) in [5, 5.41) is 0. The van der Waals surface area contributed by atoms with Crippen molar-refractivity contribution in [1.82, 2.24) is 9.97 Å². The highest BCUT2D eigenvalue weighted by molar-refractivity contribution is 5.58. The first-order valence-corrected chi connectivity index (χ1v) is 3.54. The molecule has 0 aliphatic heterocycles. The molecule has 3 heteroatoms. The number of aromatic nitrogens is 2. The van der Waals surface area contributed by atoms with Crippen molar-refractivity contribution < 1.29 is 4.39 Å². The second-order valence-electron chi connectivity index (χ2n) is 2.38. The molecule has 0 unspecified atom stereocenters. The summed E-state index contributed by atoms with van der Waals surface area (Å²) in [6.45, 7) is 0. The molecular formula is C9H6FN2. The fourth-order valence-electron chi connectivity index (χ4n) is 1.03. The minimum atomic E-state index is -0.266. The van der Waals surface area contributed by atoms with Gasteiger partial charge in [0.2, 0.25) is 0 Å². The summed E-state index contributed by atoms with van der Waals surface area (Å²) in [5.41, 5.74) is 1.07. The third-order valence-corrected chi connectivity index (χ3v) is 1.60. The predicted octanol–water partition coefficient (Wildman–Crippen LogP) is 2.02. The zero-order valence-electron chi connectivity index (χ0n) is 6.21. The molecule has 0 bridgehead atoms. The molecule has 1 heterocycles. The Bertz CT molecular complexity index is 368. The largest absolute Gasteiger partial charge is 0.341 e. The first-order valence-electron chi connectivity index (χ1n) is 3.54. The molecular weight excluding hydrogens is 155 g/mol. The smallest absolute Gasteiger partial charge is 0.174 e. The van der Waals surface area contributed by atoms with Gasteiger partial charge in [0.15, 0.2) is 6.33 Å². The van der Waals surface area contributed by atoms with Gasteiger partial charge in [-0.05, 0) is 12.1 Å². The van der Waals surface area contributed by atoms with Crippen molar-refractivity contribution in [3.8, 4) is 11.3 Å². The fraction of sp³-hybridized carbons (Fsp3) is 0. The fourth-order valence-corrected chi connectivity index (χ4v) is 1.03. The van der Waals surface area contributed by atoms with E-state index < -0.39 is 0 Å². The Morgan fingerprint density at radius 2 is 2.17 bits per heavy atom. The number of aromatic amines is 1. The summed E-state index contributed by atoms with van der Waals surface area (Å²) in [7, 11) is 0. The van der Waals surface area contributed by atoms with Gasteiger partial charge in [0, 0.05) is 11.8 Å². The van der Waals surface area contributed by atoms with E-state index in [0.29, 0.717) is 11.3 Å². The predicted molar refractivity (Wildman–Crippen MR) is 42.8 cm³/mol. The maximum Gasteiger partial charge on any atom is 0.174 e. The second kappa shape index (κ2) is 2.77. The first kappa shape index (κ1) is 7.03. The van der Waals surface area contributed by atoms with E-state index in [0.717, 1.165) is 0 Å². The molecule has 12 heavy (non-hydrogen) atoms. The number of rotatable bonds is 1. The maximum absolute atomic E-state index is 13.1. The van der Waals surface area contributed by atoms with Crippen LogP contribution >= 0.6 is 0 Å². The lowest BCUT2D eigenvalue weighted by atomic mass is 10.1. The number of nitrogens with zero attached hydrogens (tertiary/aromatic N) is 1. The molecule has 1 aromatic heterocycles. The minimum Gasteiger partial charge on any atom is -0.341 e. The number of benzene rings is 1. The lowest BCUT2D eigenvalue weighted by molar-refractivity contribution is 0.631. The summed E-state index contributed by atoms with van der Waals surface area (Å²) in [4.78, 5) is 6.48. The van der Waals surface area contributed by atoms with E-state index in [9.17, 15) is 4.39 Å². The SMILES string of the molecule is Fc1ccccc1-c1c[nH][c]n1. The van der Waals surface area contributed by atoms with Crippen LogP contribution in [0.1, 0.15) is 0 Å². The van der Waals surface area contributed by atoms with Crippen LogP contribution in [0.4, 0.5) is 4.39 Å². The third-order valence-electron chi connectivity index (χ3n) is 1.60. The molecule has 2 nitrogen and oxygen atoms in total. The Balaban J connectivity index is 2.55. The Hall–Kier alpha value is -1.64. The van der Waals surface area contributed by atoms with Crippen molar-refractivity contribution in [1.29, 1.82) is 0 Å². The normalized spacial score (nSPS) is 10.1. The molecule has 59 valence electrons. The van der Waals surface area contributed by atoms with Crippen molar-refractivity contribution in [3.05, 3.63) is 42.6 Å². The van der Waals surface area contributed by atoms with Crippen molar-refractivity contribution in [2.24, 2.45) is 0 Å². The van der Waals surface area contributed by atoms with Crippen LogP contribution in [0.2, 0.25) is 0 Å². The molecule has 0 fully saturated rings. The van der Waals surface area contributed by atoms with Crippen LogP contribution in [0.5, 0.6) is 0 Å². The van der Waals surface area contributed by atoms with Crippen LogP contribution in [0.3, 0.4) is 0 Å². The number of imidazole rings is 1. The zero-order chi connectivity index (χ0) is 8.39. The van der Waals surface area contributed by atoms with E-state index in [4.69, 9.17) is 0 Å². The van der Waals surface area contributed by atoms with Crippen LogP contribution < -0.4 is 0 Å². The van der Waals surface area contributed by atoms with Gasteiger partial charge in [-0.15, -0.1) is 0 Å². The van der Waals surface area contributed by atoms with Crippen LogP contribution in [0, 0.1) is 12.1 Å². The number of nitrogens with one attached hydrogen (secondary N) is 1. The molecule has 1 aromatic carbocycles. The lowest BCUT2D eigenvalue weighted by Gasteiger charge is -1.96. The van der Waals surface area contributed by atoms with E-state index in [1.165, 1.54) is 6.07 Å². The molecule has 0 aliphatic rings. The van der Waals surface area contributed by atoms with Crippen LogP contribution in [0.25, 0.3) is 11.3 Å². The van der Waals surface area contributed by atoms with Gasteiger partial charge < -0.3 is 4.98 Å². The van der Waals surface area contributed by atoms with E-state index in [1.54, 1.807) is 24.4 Å². The van der Waals surface area contributed by atoms with Gasteiger partial charge in [0.25, 0.3) is 0 Å². The van der Waals surface area contributed by atoms with Gasteiger partial charge in [0.05, 0.1) is 5.69 Å². The van der Waals surface area contributed by atoms with Gasteiger partial charge in [-0.25, -0.2) is 9.37 Å². The number of halogens is 1. The monoisotopic (exact) mass is 161 g/mol. The molecule has 1 N–H and O–H groups in total. The Morgan fingerprint density at radius 1 is 1.33 bits per heavy atom. The minimum absolute atomic E-state index is 0.266. The highest BCUT2D eigenvalue weighted by Crippen LogP contribution is 2.18. The molecule has 1 radical (unpaired) electrons. The second-order valence-corrected chi connectivity index (χ2v) is 2.38. The molecule has 0 saturated heterocycles. The van der Waals surface area contributed by atoms with Crippen molar-refractivity contribution in [2.75, 3.05) is 0 Å². The van der Waals surface area contributed by atoms with Crippen molar-refractivity contribution in [3.63, 3.8) is 0 Å². The molecule has 0 saturated carbocycles. The Kier molecular flexibility index (Phi) is 1.63. The molecule has 0 aliphatic carbocycles. The first-order chi connectivity index (χ1) is 5.88. The van der Waals surface area contributed by atoms with Crippen molar-refractivity contribution >= 4 is 0 Å². The maximum atomic E-state index is 13.1. The summed E-state index contributed by atoms with van der Waals surface area (Å²) in [6, 6.07) is 6.51. The van der Waals surface area contributed by atoms with Gasteiger partial charge in [-0.2, -0.15) is 0 Å². The summed E-state index contributed by atoms with van der Waals surface area (Å²) in [6.07, 6.45) is 4.12. The molecule has 0 atom stereocenters. The van der Waals surface area contributed by atoms with Crippen LogP contribution in [-0.4, -0.2) is 9.97 Å². The summed E-state index contributed by atoms with van der Waals surface area (Å²) < 4.78 is 13.1. The van der Waals surface area contributed by atoms with E-state index in [2.05, 4.69) is 16.3 Å². The van der Waals surface area contributed by atoms with Crippen LogP contribution in [0.15, 0.2) is 30.5 Å². The van der Waals surface area contributed by atoms with Crippen molar-refractivity contribution in [2.45, 2.75) is 0 Å². The molecule has 2 aromatic rings. The van der Waals surface area contributed by atoms with Gasteiger partial charge in [-0.1, -0.05) is 12.1 Å². The zero-order valence-corrected chi connectivity index (χ0v) is 6.21. The Labute approximate surface area is 69.1 Å². The van der Waals surface area contributed by atoms with E-state index in [-0.39, 0.29) is 5.82 Å². The van der Waals surface area contributed by atoms with Gasteiger partial charge >= 0.3 is 0 Å². The van der Waals surface area contributed by atoms with Crippen LogP contribution in [-0.2, 0) is 0 Å². The molecule has 0 amide bonds. The highest BCUT2D eigenvalue weighted by Gasteiger charge is 2.04. The summed E-state index contributed by atoms with van der Waals surface area (Å²) >= 11 is 0. The molecule has 0 spiro atoms. The lowest BCUT2D eigenvalue weighted by Crippen LogP contribution is -1.82. The van der Waals surface area contributed by atoms with Gasteiger partial charge in [0.1, 0.15) is 5.82 Å². The third kappa shape index (κ3) is 1.09. The summed E-state index contributed by atoms with van der Waals surface area (Å²) in [5.74, 6) is -0.266. The highest BCUT2D eigenvalue weighted by atomic mass is 19.1. The average Bonchev–Trinajstić information content (AvgIpc) is 2.57. The quantitative estimate of drug-likeness (QED) is 0.681. The van der Waals surface area contributed by atoms with E-state index in [1.807, 2.05) is 0 Å². The Morgan fingerprint density at radius 3 is 2.83 bits per heavy atom. The number of H-pyrrole nitrogens is 1. The standard InChI is InChI=1S/C9H6FN2/c10-8-4-2-1-3-7(8)9-5-11-6-12-9/h1-5H,(H,11,12). The number of hydrogen-bond acceptors (Lipinski definition) is 1. The molecule has 2 rings (SSSR count). The van der Waals surface area contributed by atoms with Gasteiger partial charge in [-0.3, -0.25) is 0 Å². The number of hydrogen-bond donors (Lipinski definition) is 1. The van der Waals surface area contributed by atoms with E-state index >= 15 is 0 Å².